The van der Waals surface area contributed by atoms with Gasteiger partial charge < -0.3 is 10.2 Å². The summed E-state index contributed by atoms with van der Waals surface area (Å²) in [7, 11) is 0. The third kappa shape index (κ3) is 4.45. The van der Waals surface area contributed by atoms with Gasteiger partial charge in [0.15, 0.2) is 0 Å². The topological polar surface area (TPSA) is 52.7 Å². The van der Waals surface area contributed by atoms with Gasteiger partial charge in [0.05, 0.1) is 6.54 Å². The number of amides is 2. The average Bonchev–Trinajstić information content (AvgIpc) is 3.30. The van der Waals surface area contributed by atoms with Crippen LogP contribution in [0.4, 0.5) is 0 Å². The van der Waals surface area contributed by atoms with Crippen LogP contribution in [0, 0.1) is 6.92 Å². The van der Waals surface area contributed by atoms with E-state index in [0.717, 1.165) is 31.5 Å². The van der Waals surface area contributed by atoms with Crippen LogP contribution in [-0.2, 0) is 4.79 Å². The lowest BCUT2D eigenvalue weighted by Crippen LogP contribution is -2.51. The lowest BCUT2D eigenvalue weighted by molar-refractivity contribution is -0.122. The highest BCUT2D eigenvalue weighted by Gasteiger charge is 2.26. The van der Waals surface area contributed by atoms with Crippen LogP contribution in [0.3, 0.4) is 0 Å². The minimum atomic E-state index is 0.0117. The van der Waals surface area contributed by atoms with Crippen molar-refractivity contribution in [3.8, 4) is 0 Å². The smallest absolute Gasteiger partial charge is 0.254 e. The fraction of sp³-hybridized carbons (Fsp3) is 0.529. The molecule has 1 aromatic carbocycles. The van der Waals surface area contributed by atoms with Gasteiger partial charge in [0, 0.05) is 42.8 Å². The minimum Gasteiger partial charge on any atom is -0.352 e. The predicted molar refractivity (Wildman–Crippen MR) is 89.7 cm³/mol. The van der Waals surface area contributed by atoms with Crippen LogP contribution < -0.4 is 5.32 Å². The first kappa shape index (κ1) is 16.3. The standard InChI is InChI=1S/C17H22ClN3O2/c1-12-8-13(10-14(18)9-12)17(23)21-6-4-20(5-7-21)11-16(22)19-15-2-3-15/h8-10,15H,2-7,11H2,1H3,(H,19,22). The fourth-order valence-electron chi connectivity index (χ4n) is 2.86. The van der Waals surface area contributed by atoms with Crippen molar-refractivity contribution in [3.63, 3.8) is 0 Å². The average molecular weight is 336 g/mol. The second-order valence-corrected chi connectivity index (χ2v) is 6.86. The van der Waals surface area contributed by atoms with Gasteiger partial charge in [-0.25, -0.2) is 0 Å². The summed E-state index contributed by atoms with van der Waals surface area (Å²) in [6.07, 6.45) is 2.21. The molecule has 1 saturated carbocycles. The lowest BCUT2D eigenvalue weighted by atomic mass is 10.1. The Morgan fingerprint density at radius 1 is 1.17 bits per heavy atom. The quantitative estimate of drug-likeness (QED) is 0.911. The van der Waals surface area contributed by atoms with Gasteiger partial charge in [-0.15, -0.1) is 0 Å². The molecule has 1 saturated heterocycles. The van der Waals surface area contributed by atoms with E-state index >= 15 is 0 Å². The third-order valence-electron chi connectivity index (χ3n) is 4.26. The molecule has 0 aromatic heterocycles. The number of benzene rings is 1. The Hall–Kier alpha value is -1.59. The second-order valence-electron chi connectivity index (χ2n) is 6.43. The van der Waals surface area contributed by atoms with Crippen molar-refractivity contribution in [2.24, 2.45) is 0 Å². The van der Waals surface area contributed by atoms with Crippen LogP contribution in [-0.4, -0.2) is 60.4 Å². The van der Waals surface area contributed by atoms with Crippen LogP contribution in [0.5, 0.6) is 0 Å². The molecule has 23 heavy (non-hydrogen) atoms. The number of hydrogen-bond donors (Lipinski definition) is 1. The molecule has 124 valence electrons. The number of piperazine rings is 1. The molecule has 2 fully saturated rings. The number of hydrogen-bond acceptors (Lipinski definition) is 3. The number of carbonyl (C=O) groups excluding carboxylic acids is 2. The van der Waals surface area contributed by atoms with Gasteiger partial charge >= 0.3 is 0 Å². The SMILES string of the molecule is Cc1cc(Cl)cc(C(=O)N2CCN(CC(=O)NC3CC3)CC2)c1. The van der Waals surface area contributed by atoms with Crippen LogP contribution in [0.25, 0.3) is 0 Å². The first-order valence-electron chi connectivity index (χ1n) is 8.09. The molecule has 1 aromatic rings. The summed E-state index contributed by atoms with van der Waals surface area (Å²) in [5.41, 5.74) is 1.62. The van der Waals surface area contributed by atoms with Crippen molar-refractivity contribution in [1.29, 1.82) is 0 Å². The van der Waals surface area contributed by atoms with E-state index in [1.165, 1.54) is 0 Å². The molecule has 1 aliphatic carbocycles. The van der Waals surface area contributed by atoms with Crippen molar-refractivity contribution in [3.05, 3.63) is 34.3 Å². The number of aryl methyl sites for hydroxylation is 1. The molecule has 0 bridgehead atoms. The Labute approximate surface area is 141 Å². The van der Waals surface area contributed by atoms with E-state index < -0.39 is 0 Å². The van der Waals surface area contributed by atoms with E-state index in [4.69, 9.17) is 11.6 Å². The van der Waals surface area contributed by atoms with Gasteiger partial charge in [0.2, 0.25) is 5.91 Å². The predicted octanol–water partition coefficient (Wildman–Crippen LogP) is 1.68. The maximum absolute atomic E-state index is 12.6. The molecule has 1 aliphatic heterocycles. The lowest BCUT2D eigenvalue weighted by Gasteiger charge is -2.34. The summed E-state index contributed by atoms with van der Waals surface area (Å²) in [6.45, 7) is 5.09. The van der Waals surface area contributed by atoms with E-state index in [1.807, 2.05) is 24.0 Å². The van der Waals surface area contributed by atoms with E-state index in [-0.39, 0.29) is 11.8 Å². The molecule has 6 heteroatoms. The molecule has 0 unspecified atom stereocenters. The summed E-state index contributed by atoms with van der Waals surface area (Å²) in [6, 6.07) is 5.82. The van der Waals surface area contributed by atoms with Crippen molar-refractivity contribution in [2.45, 2.75) is 25.8 Å². The normalized spacial score (nSPS) is 18.8. The number of rotatable bonds is 4. The molecule has 1 N–H and O–H groups in total. The Balaban J connectivity index is 1.51. The van der Waals surface area contributed by atoms with Crippen LogP contribution in [0.1, 0.15) is 28.8 Å². The molecule has 1 heterocycles. The zero-order chi connectivity index (χ0) is 16.4. The summed E-state index contributed by atoms with van der Waals surface area (Å²) < 4.78 is 0. The van der Waals surface area contributed by atoms with E-state index in [1.54, 1.807) is 6.07 Å². The van der Waals surface area contributed by atoms with Gasteiger partial charge in [-0.1, -0.05) is 11.6 Å². The van der Waals surface area contributed by atoms with E-state index in [2.05, 4.69) is 10.2 Å². The van der Waals surface area contributed by atoms with Crippen LogP contribution in [0.2, 0.25) is 5.02 Å². The summed E-state index contributed by atoms with van der Waals surface area (Å²) >= 11 is 6.04. The van der Waals surface area contributed by atoms with Gasteiger partial charge in [-0.05, 0) is 43.5 Å². The van der Waals surface area contributed by atoms with E-state index in [0.29, 0.717) is 36.3 Å². The minimum absolute atomic E-state index is 0.0117. The van der Waals surface area contributed by atoms with E-state index in [9.17, 15) is 9.59 Å². The van der Waals surface area contributed by atoms with Gasteiger partial charge in [-0.3, -0.25) is 14.5 Å². The monoisotopic (exact) mass is 335 g/mol. The summed E-state index contributed by atoms with van der Waals surface area (Å²) in [5, 5.41) is 3.58. The van der Waals surface area contributed by atoms with Gasteiger partial charge in [0.25, 0.3) is 5.91 Å². The molecule has 2 amide bonds. The highest BCUT2D eigenvalue weighted by molar-refractivity contribution is 6.31. The highest BCUT2D eigenvalue weighted by atomic mass is 35.5. The van der Waals surface area contributed by atoms with Crippen molar-refractivity contribution in [2.75, 3.05) is 32.7 Å². The maximum atomic E-state index is 12.6. The summed E-state index contributed by atoms with van der Waals surface area (Å²) in [5.74, 6) is 0.107. The van der Waals surface area contributed by atoms with Crippen LogP contribution >= 0.6 is 11.6 Å². The first-order chi connectivity index (χ1) is 11.0. The molecular formula is C17H22ClN3O2. The zero-order valence-electron chi connectivity index (χ0n) is 13.3. The summed E-state index contributed by atoms with van der Waals surface area (Å²) in [4.78, 5) is 28.3. The third-order valence-corrected chi connectivity index (χ3v) is 4.48. The van der Waals surface area contributed by atoms with Crippen molar-refractivity contribution >= 4 is 23.4 Å². The maximum Gasteiger partial charge on any atom is 0.254 e. The zero-order valence-corrected chi connectivity index (χ0v) is 14.1. The fourth-order valence-corrected chi connectivity index (χ4v) is 3.15. The van der Waals surface area contributed by atoms with Gasteiger partial charge in [0.1, 0.15) is 0 Å². The Morgan fingerprint density at radius 2 is 1.87 bits per heavy atom. The molecule has 0 spiro atoms. The van der Waals surface area contributed by atoms with Crippen molar-refractivity contribution < 1.29 is 9.59 Å². The number of halogens is 1. The van der Waals surface area contributed by atoms with Crippen LogP contribution in [0.15, 0.2) is 18.2 Å². The Kier molecular flexibility index (Phi) is 4.87. The Bertz CT molecular complexity index is 588. The molecule has 0 radical (unpaired) electrons. The molecular weight excluding hydrogens is 314 g/mol. The molecule has 0 atom stereocenters. The Morgan fingerprint density at radius 3 is 2.48 bits per heavy atom. The van der Waals surface area contributed by atoms with Crippen molar-refractivity contribution in [1.82, 2.24) is 15.1 Å². The molecule has 5 nitrogen and oxygen atoms in total. The largest absolute Gasteiger partial charge is 0.352 e. The second kappa shape index (κ2) is 6.89. The molecule has 2 aliphatic rings. The number of nitrogens with zero attached hydrogens (tertiary/aromatic N) is 2. The first-order valence-corrected chi connectivity index (χ1v) is 8.47. The molecule has 3 rings (SSSR count). The van der Waals surface area contributed by atoms with Gasteiger partial charge in [-0.2, -0.15) is 0 Å². The highest BCUT2D eigenvalue weighted by Crippen LogP contribution is 2.19. The number of carbonyl (C=O) groups is 2. The number of nitrogens with one attached hydrogen (secondary N) is 1.